The summed E-state index contributed by atoms with van der Waals surface area (Å²) in [4.78, 5) is 39.5. The lowest BCUT2D eigenvalue weighted by Gasteiger charge is -2.29. The lowest BCUT2D eigenvalue weighted by Crippen LogP contribution is -2.53. The fourth-order valence-corrected chi connectivity index (χ4v) is 3.15. The minimum atomic E-state index is -0.916. The Morgan fingerprint density at radius 3 is 2.16 bits per heavy atom. The van der Waals surface area contributed by atoms with Crippen molar-refractivity contribution in [3.63, 3.8) is 0 Å². The van der Waals surface area contributed by atoms with Gasteiger partial charge in [-0.25, -0.2) is 8.78 Å². The molecule has 0 saturated carbocycles. The number of amides is 3. The number of benzene rings is 2. The van der Waals surface area contributed by atoms with E-state index in [0.717, 1.165) is 12.1 Å². The quantitative estimate of drug-likeness (QED) is 0.581. The Morgan fingerprint density at radius 1 is 1.03 bits per heavy atom. The first-order chi connectivity index (χ1) is 15.2. The molecule has 32 heavy (non-hydrogen) atoms. The molecular weight excluding hydrogens is 440 g/mol. The highest BCUT2D eigenvalue weighted by atomic mass is 35.5. The van der Waals surface area contributed by atoms with Gasteiger partial charge in [0, 0.05) is 17.1 Å². The van der Waals surface area contributed by atoms with Gasteiger partial charge in [0.15, 0.2) is 0 Å². The molecule has 2 aromatic carbocycles. The van der Waals surface area contributed by atoms with Gasteiger partial charge in [0.2, 0.25) is 11.8 Å². The van der Waals surface area contributed by atoms with Crippen LogP contribution >= 0.6 is 11.6 Å². The van der Waals surface area contributed by atoms with Crippen molar-refractivity contribution in [3.05, 3.63) is 64.7 Å². The molecule has 0 aliphatic heterocycles. The number of hydrogen-bond donors (Lipinski definition) is 2. The molecule has 0 radical (unpaired) electrons. The summed E-state index contributed by atoms with van der Waals surface area (Å²) in [5.41, 5.74) is -0.234. The van der Waals surface area contributed by atoms with Crippen LogP contribution < -0.4 is 10.6 Å². The SMILES string of the molecule is CCC(C)C(NC(=O)c1ccc(Cl)cc1)C(=O)N(CC)CC(=O)Nc1c(F)cccc1F. The molecule has 2 aromatic rings. The highest BCUT2D eigenvalue weighted by Gasteiger charge is 2.31. The first-order valence-corrected chi connectivity index (χ1v) is 10.6. The molecule has 0 spiro atoms. The first kappa shape index (κ1) is 25.3. The van der Waals surface area contributed by atoms with E-state index in [9.17, 15) is 23.2 Å². The van der Waals surface area contributed by atoms with Crippen LogP contribution in [0.2, 0.25) is 5.02 Å². The van der Waals surface area contributed by atoms with Crippen molar-refractivity contribution in [2.24, 2.45) is 5.92 Å². The van der Waals surface area contributed by atoms with E-state index in [1.165, 1.54) is 11.0 Å². The zero-order chi connectivity index (χ0) is 23.8. The van der Waals surface area contributed by atoms with Gasteiger partial charge in [0.05, 0.1) is 6.54 Å². The largest absolute Gasteiger partial charge is 0.340 e. The maximum absolute atomic E-state index is 13.8. The summed E-state index contributed by atoms with van der Waals surface area (Å²) < 4.78 is 27.6. The van der Waals surface area contributed by atoms with Crippen molar-refractivity contribution in [2.75, 3.05) is 18.4 Å². The zero-order valence-electron chi connectivity index (χ0n) is 18.1. The number of halogens is 3. The van der Waals surface area contributed by atoms with Crippen molar-refractivity contribution in [2.45, 2.75) is 33.2 Å². The van der Waals surface area contributed by atoms with E-state index < -0.39 is 47.6 Å². The van der Waals surface area contributed by atoms with Crippen molar-refractivity contribution >= 4 is 35.0 Å². The van der Waals surface area contributed by atoms with Gasteiger partial charge in [-0.05, 0) is 49.2 Å². The molecule has 6 nitrogen and oxygen atoms in total. The molecule has 0 bridgehead atoms. The van der Waals surface area contributed by atoms with Crippen molar-refractivity contribution in [3.8, 4) is 0 Å². The van der Waals surface area contributed by atoms with Gasteiger partial charge >= 0.3 is 0 Å². The second kappa shape index (κ2) is 11.6. The van der Waals surface area contributed by atoms with Gasteiger partial charge < -0.3 is 15.5 Å². The maximum atomic E-state index is 13.8. The number of para-hydroxylation sites is 1. The van der Waals surface area contributed by atoms with E-state index in [4.69, 9.17) is 11.6 Å². The summed E-state index contributed by atoms with van der Waals surface area (Å²) in [5.74, 6) is -3.72. The summed E-state index contributed by atoms with van der Waals surface area (Å²) >= 11 is 5.85. The normalized spacial score (nSPS) is 12.6. The Kier molecular flexibility index (Phi) is 9.13. The van der Waals surface area contributed by atoms with Crippen molar-refractivity contribution in [1.82, 2.24) is 10.2 Å². The fourth-order valence-electron chi connectivity index (χ4n) is 3.02. The highest BCUT2D eigenvalue weighted by Crippen LogP contribution is 2.18. The molecule has 172 valence electrons. The third-order valence-electron chi connectivity index (χ3n) is 5.13. The maximum Gasteiger partial charge on any atom is 0.251 e. The number of nitrogens with zero attached hydrogens (tertiary/aromatic N) is 1. The van der Waals surface area contributed by atoms with Crippen LogP contribution in [0.4, 0.5) is 14.5 Å². The van der Waals surface area contributed by atoms with Crippen LogP contribution in [0.5, 0.6) is 0 Å². The van der Waals surface area contributed by atoms with Gasteiger partial charge in [-0.15, -0.1) is 0 Å². The predicted octanol–water partition coefficient (Wildman–Crippen LogP) is 4.25. The monoisotopic (exact) mass is 465 g/mol. The van der Waals surface area contributed by atoms with Crippen LogP contribution in [0.3, 0.4) is 0 Å². The van der Waals surface area contributed by atoms with Crippen molar-refractivity contribution < 1.29 is 23.2 Å². The van der Waals surface area contributed by atoms with Crippen LogP contribution in [0.25, 0.3) is 0 Å². The van der Waals surface area contributed by atoms with Gasteiger partial charge in [-0.3, -0.25) is 14.4 Å². The minimum Gasteiger partial charge on any atom is -0.340 e. The third kappa shape index (κ3) is 6.50. The molecule has 2 atom stereocenters. The van der Waals surface area contributed by atoms with E-state index in [1.807, 2.05) is 13.8 Å². The van der Waals surface area contributed by atoms with Crippen LogP contribution in [-0.2, 0) is 9.59 Å². The molecule has 0 heterocycles. The van der Waals surface area contributed by atoms with Gasteiger partial charge in [-0.2, -0.15) is 0 Å². The fraction of sp³-hybridized carbons (Fsp3) is 0.348. The number of likely N-dealkylation sites (N-methyl/N-ethyl adjacent to an activating group) is 1. The standard InChI is InChI=1S/C23H26ClF2N3O3/c1-4-14(3)20(28-22(31)15-9-11-16(24)12-10-15)23(32)29(5-2)13-19(30)27-21-17(25)7-6-8-18(21)26/h6-12,14,20H,4-5,13H2,1-3H3,(H,27,30)(H,28,31). The minimum absolute atomic E-state index is 0.162. The molecule has 0 aliphatic carbocycles. The molecule has 0 aromatic heterocycles. The Hall–Kier alpha value is -3.00. The second-order valence-electron chi connectivity index (χ2n) is 7.34. The van der Waals surface area contributed by atoms with Crippen LogP contribution in [0, 0.1) is 17.6 Å². The summed E-state index contributed by atoms with van der Waals surface area (Å²) in [6, 6.07) is 8.57. The molecule has 2 N–H and O–H groups in total. The summed E-state index contributed by atoms with van der Waals surface area (Å²) in [6.45, 7) is 5.10. The second-order valence-corrected chi connectivity index (χ2v) is 7.78. The molecule has 2 unspecified atom stereocenters. The zero-order valence-corrected chi connectivity index (χ0v) is 18.9. The van der Waals surface area contributed by atoms with Gasteiger partial charge in [0.1, 0.15) is 23.4 Å². The molecule has 0 aliphatic rings. The number of hydrogen-bond acceptors (Lipinski definition) is 3. The lowest BCUT2D eigenvalue weighted by atomic mass is 9.97. The van der Waals surface area contributed by atoms with Gasteiger partial charge in [-0.1, -0.05) is 37.9 Å². The lowest BCUT2D eigenvalue weighted by molar-refractivity contribution is -0.137. The average molecular weight is 466 g/mol. The predicted molar refractivity (Wildman–Crippen MR) is 119 cm³/mol. The van der Waals surface area contributed by atoms with E-state index in [2.05, 4.69) is 10.6 Å². The molecule has 9 heteroatoms. The van der Waals surface area contributed by atoms with E-state index in [-0.39, 0.29) is 12.5 Å². The highest BCUT2D eigenvalue weighted by molar-refractivity contribution is 6.30. The Balaban J connectivity index is 2.14. The summed E-state index contributed by atoms with van der Waals surface area (Å²) in [5, 5.41) is 5.38. The number of rotatable bonds is 9. The van der Waals surface area contributed by atoms with E-state index in [0.29, 0.717) is 17.0 Å². The molecule has 0 saturated heterocycles. The molecule has 0 fully saturated rings. The summed E-state index contributed by atoms with van der Waals surface area (Å²) in [7, 11) is 0. The topological polar surface area (TPSA) is 78.5 Å². The first-order valence-electron chi connectivity index (χ1n) is 10.3. The Labute approximate surface area is 190 Å². The van der Waals surface area contributed by atoms with Gasteiger partial charge in [0.25, 0.3) is 5.91 Å². The van der Waals surface area contributed by atoms with Crippen molar-refractivity contribution in [1.29, 1.82) is 0 Å². The Bertz CT molecular complexity index is 949. The molecule has 3 amide bonds. The molecular formula is C23H26ClF2N3O3. The number of anilines is 1. The average Bonchev–Trinajstić information content (AvgIpc) is 2.77. The van der Waals surface area contributed by atoms with E-state index in [1.54, 1.807) is 31.2 Å². The number of carbonyl (C=O) groups excluding carboxylic acids is 3. The Morgan fingerprint density at radius 2 is 1.62 bits per heavy atom. The van der Waals surface area contributed by atoms with Crippen LogP contribution in [-0.4, -0.2) is 41.8 Å². The van der Waals surface area contributed by atoms with E-state index >= 15 is 0 Å². The van der Waals surface area contributed by atoms with Crippen LogP contribution in [0.1, 0.15) is 37.6 Å². The third-order valence-corrected chi connectivity index (χ3v) is 5.38. The van der Waals surface area contributed by atoms with Crippen LogP contribution in [0.15, 0.2) is 42.5 Å². The summed E-state index contributed by atoms with van der Waals surface area (Å²) in [6.07, 6.45) is 0.599. The smallest absolute Gasteiger partial charge is 0.251 e. The number of carbonyl (C=O) groups is 3. The number of nitrogens with one attached hydrogen (secondary N) is 2. The molecule has 2 rings (SSSR count).